The summed E-state index contributed by atoms with van der Waals surface area (Å²) in [5.41, 5.74) is 1.33. The maximum Gasteiger partial charge on any atom is 0.159 e. The molecule has 14 heavy (non-hydrogen) atoms. The molecule has 0 N–H and O–H groups in total. The van der Waals surface area contributed by atoms with E-state index in [9.17, 15) is 4.79 Å². The number of ether oxygens (including phenoxy) is 1. The number of Topliss-reactive ketones (excluding diaryl/α,β-unsaturated/α-hetero) is 1. The van der Waals surface area contributed by atoms with Crippen molar-refractivity contribution in [3.63, 3.8) is 0 Å². The zero-order chi connectivity index (χ0) is 9.71. The Balaban J connectivity index is 2.01. The molecule has 3 aliphatic rings. The van der Waals surface area contributed by atoms with Crippen LogP contribution in [0, 0.1) is 5.92 Å². The number of fused-ring (bicyclic) bond motifs is 1. The average molecular weight is 213 g/mol. The van der Waals surface area contributed by atoms with Gasteiger partial charge in [0.05, 0.1) is 6.10 Å². The third-order valence-electron chi connectivity index (χ3n) is 3.57. The molecule has 76 valence electrons. The van der Waals surface area contributed by atoms with Gasteiger partial charge in [-0.05, 0) is 24.8 Å². The highest BCUT2D eigenvalue weighted by atomic mass is 35.5. The van der Waals surface area contributed by atoms with E-state index in [1.165, 1.54) is 12.0 Å². The monoisotopic (exact) mass is 212 g/mol. The van der Waals surface area contributed by atoms with Gasteiger partial charge in [0, 0.05) is 5.92 Å². The van der Waals surface area contributed by atoms with Crippen molar-refractivity contribution in [2.24, 2.45) is 5.92 Å². The molecule has 2 aliphatic heterocycles. The van der Waals surface area contributed by atoms with E-state index in [2.05, 4.69) is 6.08 Å². The average Bonchev–Trinajstić information content (AvgIpc) is 2.46. The second-order valence-corrected chi connectivity index (χ2v) is 4.89. The topological polar surface area (TPSA) is 26.3 Å². The summed E-state index contributed by atoms with van der Waals surface area (Å²) in [6.07, 6.45) is 6.39. The van der Waals surface area contributed by atoms with Gasteiger partial charge in [-0.3, -0.25) is 4.79 Å². The van der Waals surface area contributed by atoms with Gasteiger partial charge in [0.25, 0.3) is 0 Å². The van der Waals surface area contributed by atoms with Gasteiger partial charge in [-0.2, -0.15) is 0 Å². The number of halogens is 1. The third-order valence-corrected chi connectivity index (χ3v) is 4.03. The lowest BCUT2D eigenvalue weighted by molar-refractivity contribution is -0.136. The van der Waals surface area contributed by atoms with Crippen LogP contribution in [0.2, 0.25) is 0 Å². The molecular weight excluding hydrogens is 200 g/mol. The second kappa shape index (κ2) is 3.07. The molecule has 3 heteroatoms. The van der Waals surface area contributed by atoms with Crippen LogP contribution in [0.3, 0.4) is 0 Å². The first-order valence-corrected chi connectivity index (χ1v) is 5.75. The van der Waals surface area contributed by atoms with Gasteiger partial charge in [-0.15, -0.1) is 11.6 Å². The van der Waals surface area contributed by atoms with Crippen molar-refractivity contribution in [1.29, 1.82) is 0 Å². The van der Waals surface area contributed by atoms with Gasteiger partial charge in [0.1, 0.15) is 11.5 Å². The number of ketones is 1. The van der Waals surface area contributed by atoms with Gasteiger partial charge in [-0.1, -0.05) is 12.5 Å². The first-order valence-electron chi connectivity index (χ1n) is 5.31. The number of carbonyl (C=O) groups excluding carboxylic acids is 1. The van der Waals surface area contributed by atoms with Crippen molar-refractivity contribution < 1.29 is 9.53 Å². The first-order chi connectivity index (χ1) is 6.77. The Bertz CT molecular complexity index is 310. The summed E-state index contributed by atoms with van der Waals surface area (Å²) in [6, 6.07) is 0. The quantitative estimate of drug-likeness (QED) is 0.454. The molecule has 1 aliphatic carbocycles. The Morgan fingerprint density at radius 2 is 2.29 bits per heavy atom. The van der Waals surface area contributed by atoms with E-state index in [4.69, 9.17) is 16.3 Å². The van der Waals surface area contributed by atoms with Crippen molar-refractivity contribution in [1.82, 2.24) is 0 Å². The van der Waals surface area contributed by atoms with E-state index in [0.29, 0.717) is 0 Å². The minimum absolute atomic E-state index is 0.0463. The summed E-state index contributed by atoms with van der Waals surface area (Å²) >= 11 is 6.06. The molecule has 4 atom stereocenters. The number of hydrogen-bond acceptors (Lipinski definition) is 2. The zero-order valence-electron chi connectivity index (χ0n) is 7.91. The highest BCUT2D eigenvalue weighted by Gasteiger charge is 2.48. The predicted octanol–water partition coefficient (Wildman–Crippen LogP) is 2.06. The number of alkyl halides is 1. The molecule has 2 bridgehead atoms. The van der Waals surface area contributed by atoms with Crippen molar-refractivity contribution in [2.75, 3.05) is 0 Å². The van der Waals surface area contributed by atoms with Gasteiger partial charge >= 0.3 is 0 Å². The first kappa shape index (κ1) is 8.93. The fraction of sp³-hybridized carbons (Fsp3) is 0.727. The van der Waals surface area contributed by atoms with Crippen molar-refractivity contribution in [3.05, 3.63) is 11.6 Å². The minimum atomic E-state index is -0.438. The molecule has 3 rings (SSSR count). The summed E-state index contributed by atoms with van der Waals surface area (Å²) in [5, 5.41) is -0.438. The van der Waals surface area contributed by atoms with Crippen LogP contribution < -0.4 is 0 Å². The highest BCUT2D eigenvalue weighted by Crippen LogP contribution is 2.42. The minimum Gasteiger partial charge on any atom is -0.364 e. The molecule has 1 unspecified atom stereocenters. The third kappa shape index (κ3) is 1.10. The molecular formula is C11H13ClO2. The Morgan fingerprint density at radius 1 is 1.43 bits per heavy atom. The molecule has 2 heterocycles. The molecule has 1 saturated heterocycles. The van der Waals surface area contributed by atoms with Crippen LogP contribution in [-0.2, 0) is 9.53 Å². The van der Waals surface area contributed by atoms with Gasteiger partial charge in [-0.25, -0.2) is 0 Å². The summed E-state index contributed by atoms with van der Waals surface area (Å²) in [4.78, 5) is 11.9. The summed E-state index contributed by atoms with van der Waals surface area (Å²) in [6.45, 7) is 0. The molecule has 0 spiro atoms. The second-order valence-electron chi connectivity index (χ2n) is 4.42. The number of hydrogen-bond donors (Lipinski definition) is 0. The lowest BCUT2D eigenvalue weighted by atomic mass is 9.89. The summed E-state index contributed by atoms with van der Waals surface area (Å²) < 4.78 is 5.78. The maximum absolute atomic E-state index is 11.9. The van der Waals surface area contributed by atoms with Crippen LogP contribution in [0.4, 0.5) is 0 Å². The van der Waals surface area contributed by atoms with Crippen LogP contribution >= 0.6 is 11.6 Å². The van der Waals surface area contributed by atoms with Crippen LogP contribution in [-0.4, -0.2) is 23.4 Å². The van der Waals surface area contributed by atoms with Gasteiger partial charge < -0.3 is 4.74 Å². The molecule has 2 fully saturated rings. The smallest absolute Gasteiger partial charge is 0.159 e. The van der Waals surface area contributed by atoms with E-state index >= 15 is 0 Å². The Kier molecular flexibility index (Phi) is 1.96. The maximum atomic E-state index is 11.9. The fourth-order valence-corrected chi connectivity index (χ4v) is 3.13. The van der Waals surface area contributed by atoms with Crippen molar-refractivity contribution in [3.8, 4) is 0 Å². The SMILES string of the molecule is O=C1C(Cl)[C@@H]2C=C3CCCC[C@H]1[C@@H]3O2. The van der Waals surface area contributed by atoms with Crippen LogP contribution in [0.1, 0.15) is 25.7 Å². The highest BCUT2D eigenvalue weighted by molar-refractivity contribution is 6.32. The number of carbonyl (C=O) groups is 1. The van der Waals surface area contributed by atoms with Crippen molar-refractivity contribution in [2.45, 2.75) is 43.3 Å². The molecule has 0 aromatic carbocycles. The van der Waals surface area contributed by atoms with Gasteiger partial charge in [0.15, 0.2) is 5.78 Å². The lowest BCUT2D eigenvalue weighted by Gasteiger charge is -2.31. The normalized spacial score (nSPS) is 46.1. The van der Waals surface area contributed by atoms with Crippen LogP contribution in [0.15, 0.2) is 11.6 Å². The standard InChI is InChI=1S/C11H13ClO2/c12-9-8-5-6-3-1-2-4-7(10(9)13)11(6)14-8/h5,7-9,11H,1-4H2/t7-,8+,9?,11-/m1/s1. The Hall–Kier alpha value is -0.340. The number of rotatable bonds is 0. The Morgan fingerprint density at radius 3 is 3.14 bits per heavy atom. The molecule has 1 saturated carbocycles. The predicted molar refractivity (Wildman–Crippen MR) is 53.4 cm³/mol. The summed E-state index contributed by atoms with van der Waals surface area (Å²) in [7, 11) is 0. The molecule has 0 aromatic heterocycles. The lowest BCUT2D eigenvalue weighted by Crippen LogP contribution is -2.44. The van der Waals surface area contributed by atoms with Crippen LogP contribution in [0.25, 0.3) is 0 Å². The van der Waals surface area contributed by atoms with E-state index in [1.54, 1.807) is 0 Å². The van der Waals surface area contributed by atoms with E-state index in [0.717, 1.165) is 19.3 Å². The fourth-order valence-electron chi connectivity index (χ4n) is 2.84. The van der Waals surface area contributed by atoms with Crippen LogP contribution in [0.5, 0.6) is 0 Å². The van der Waals surface area contributed by atoms with E-state index in [-0.39, 0.29) is 23.9 Å². The largest absolute Gasteiger partial charge is 0.364 e. The van der Waals surface area contributed by atoms with Gasteiger partial charge in [0.2, 0.25) is 0 Å². The molecule has 0 aromatic rings. The van der Waals surface area contributed by atoms with E-state index in [1.807, 2.05) is 0 Å². The summed E-state index contributed by atoms with van der Waals surface area (Å²) in [5.74, 6) is 0.256. The molecule has 0 amide bonds. The van der Waals surface area contributed by atoms with Crippen molar-refractivity contribution >= 4 is 17.4 Å². The Labute approximate surface area is 88.3 Å². The molecule has 0 radical (unpaired) electrons. The van der Waals surface area contributed by atoms with E-state index < -0.39 is 5.38 Å². The molecule has 2 nitrogen and oxygen atoms in total. The zero-order valence-corrected chi connectivity index (χ0v) is 8.67.